The van der Waals surface area contributed by atoms with Crippen molar-refractivity contribution >= 4 is 11.5 Å². The molecular weight excluding hydrogens is 220 g/mol. The smallest absolute Gasteiger partial charge is 0.233 e. The Balaban J connectivity index is 2.43. The molecule has 0 radical (unpaired) electrons. The van der Waals surface area contributed by atoms with Gasteiger partial charge in [0.1, 0.15) is 5.69 Å². The molecule has 0 bridgehead atoms. The van der Waals surface area contributed by atoms with E-state index in [1.54, 1.807) is 19.2 Å². The van der Waals surface area contributed by atoms with Crippen LogP contribution in [0.1, 0.15) is 16.2 Å². The van der Waals surface area contributed by atoms with E-state index in [0.29, 0.717) is 22.8 Å². The molecular formula is C11H12N4O2. The first kappa shape index (κ1) is 11.1. The largest absolute Gasteiger partial charge is 0.493 e. The summed E-state index contributed by atoms with van der Waals surface area (Å²) in [6, 6.07) is 3.20. The Kier molecular flexibility index (Phi) is 2.78. The Morgan fingerprint density at radius 2 is 2.18 bits per heavy atom. The Bertz CT molecular complexity index is 545. The van der Waals surface area contributed by atoms with Crippen LogP contribution in [0.4, 0.5) is 5.69 Å². The average Bonchev–Trinajstić information content (AvgIpc) is 2.70. The van der Waals surface area contributed by atoms with Gasteiger partial charge >= 0.3 is 0 Å². The van der Waals surface area contributed by atoms with Crippen LogP contribution in [0.5, 0.6) is 5.75 Å². The van der Waals surface area contributed by atoms with Crippen molar-refractivity contribution in [3.05, 3.63) is 35.9 Å². The molecule has 2 N–H and O–H groups in total. The molecule has 0 atom stereocenters. The third kappa shape index (κ3) is 1.96. The van der Waals surface area contributed by atoms with Gasteiger partial charge in [0, 0.05) is 7.05 Å². The van der Waals surface area contributed by atoms with Gasteiger partial charge in [-0.1, -0.05) is 0 Å². The summed E-state index contributed by atoms with van der Waals surface area (Å²) in [6.45, 7) is 0. The van der Waals surface area contributed by atoms with E-state index in [1.165, 1.54) is 24.2 Å². The van der Waals surface area contributed by atoms with Crippen LogP contribution in [0.3, 0.4) is 0 Å². The third-order valence-corrected chi connectivity index (χ3v) is 2.36. The summed E-state index contributed by atoms with van der Waals surface area (Å²) in [5.41, 5.74) is 6.70. The summed E-state index contributed by atoms with van der Waals surface area (Å²) in [4.78, 5) is 16.2. The van der Waals surface area contributed by atoms with Crippen molar-refractivity contribution in [2.24, 2.45) is 7.05 Å². The zero-order chi connectivity index (χ0) is 12.4. The molecule has 6 nitrogen and oxygen atoms in total. The second-order valence-electron chi connectivity index (χ2n) is 3.49. The fourth-order valence-electron chi connectivity index (χ4n) is 1.49. The van der Waals surface area contributed by atoms with E-state index >= 15 is 0 Å². The van der Waals surface area contributed by atoms with Gasteiger partial charge in [0.2, 0.25) is 5.78 Å². The Morgan fingerprint density at radius 1 is 1.41 bits per heavy atom. The number of rotatable bonds is 3. The number of pyridine rings is 1. The van der Waals surface area contributed by atoms with Gasteiger partial charge in [-0.15, -0.1) is 0 Å². The number of methoxy groups -OCH3 is 1. The first-order chi connectivity index (χ1) is 8.13. The molecule has 0 unspecified atom stereocenters. The van der Waals surface area contributed by atoms with E-state index < -0.39 is 0 Å². The lowest BCUT2D eigenvalue weighted by Gasteiger charge is -2.04. The SMILES string of the molecule is COc1cnn(C)c1C(=O)c1ccc(N)cn1. The van der Waals surface area contributed by atoms with E-state index in [1.807, 2.05) is 0 Å². The highest BCUT2D eigenvalue weighted by Gasteiger charge is 2.20. The number of nitrogen functional groups attached to an aromatic ring is 1. The van der Waals surface area contributed by atoms with Crippen molar-refractivity contribution in [1.82, 2.24) is 14.8 Å². The molecule has 17 heavy (non-hydrogen) atoms. The van der Waals surface area contributed by atoms with E-state index in [4.69, 9.17) is 10.5 Å². The Labute approximate surface area is 98.0 Å². The number of anilines is 1. The molecule has 2 rings (SSSR count). The Hall–Kier alpha value is -2.37. The van der Waals surface area contributed by atoms with Crippen LogP contribution in [0, 0.1) is 0 Å². The van der Waals surface area contributed by atoms with Gasteiger partial charge in [-0.05, 0) is 12.1 Å². The van der Waals surface area contributed by atoms with Crippen molar-refractivity contribution in [3.8, 4) is 5.75 Å². The molecule has 0 aliphatic heterocycles. The summed E-state index contributed by atoms with van der Waals surface area (Å²) in [7, 11) is 3.16. The quantitative estimate of drug-likeness (QED) is 0.785. The molecule has 0 fully saturated rings. The van der Waals surface area contributed by atoms with Crippen LogP contribution in [0.25, 0.3) is 0 Å². The zero-order valence-electron chi connectivity index (χ0n) is 9.54. The van der Waals surface area contributed by atoms with Gasteiger partial charge in [-0.3, -0.25) is 14.5 Å². The monoisotopic (exact) mass is 232 g/mol. The van der Waals surface area contributed by atoms with Crippen molar-refractivity contribution < 1.29 is 9.53 Å². The number of ketones is 1. The Morgan fingerprint density at radius 3 is 2.76 bits per heavy atom. The fraction of sp³-hybridized carbons (Fsp3) is 0.182. The number of hydrogen-bond donors (Lipinski definition) is 1. The summed E-state index contributed by atoms with van der Waals surface area (Å²) in [6.07, 6.45) is 2.93. The topological polar surface area (TPSA) is 83.0 Å². The highest BCUT2D eigenvalue weighted by molar-refractivity contribution is 6.08. The van der Waals surface area contributed by atoms with E-state index in [-0.39, 0.29) is 5.78 Å². The lowest BCUT2D eigenvalue weighted by molar-refractivity contribution is 0.102. The second kappa shape index (κ2) is 4.25. The molecule has 2 aromatic heterocycles. The van der Waals surface area contributed by atoms with Crippen LogP contribution in [0.15, 0.2) is 24.5 Å². The maximum atomic E-state index is 12.2. The van der Waals surface area contributed by atoms with Gasteiger partial charge in [-0.2, -0.15) is 5.10 Å². The van der Waals surface area contributed by atoms with Gasteiger partial charge < -0.3 is 10.5 Å². The molecule has 0 saturated carbocycles. The number of aromatic nitrogens is 3. The first-order valence-electron chi connectivity index (χ1n) is 4.95. The average molecular weight is 232 g/mol. The summed E-state index contributed by atoms with van der Waals surface area (Å²) in [5.74, 6) is 0.179. The van der Waals surface area contributed by atoms with E-state index in [9.17, 15) is 4.79 Å². The molecule has 0 aliphatic carbocycles. The molecule has 0 spiro atoms. The highest BCUT2D eigenvalue weighted by atomic mass is 16.5. The van der Waals surface area contributed by atoms with Crippen LogP contribution in [-0.2, 0) is 7.05 Å². The predicted octanol–water partition coefficient (Wildman–Crippen LogP) is 0.637. The minimum atomic E-state index is -0.248. The van der Waals surface area contributed by atoms with Crippen molar-refractivity contribution in [1.29, 1.82) is 0 Å². The lowest BCUT2D eigenvalue weighted by atomic mass is 10.2. The zero-order valence-corrected chi connectivity index (χ0v) is 9.54. The summed E-state index contributed by atoms with van der Waals surface area (Å²) < 4.78 is 6.53. The number of ether oxygens (including phenoxy) is 1. The standard InChI is InChI=1S/C11H12N4O2/c1-15-10(9(17-2)6-14-15)11(16)8-4-3-7(12)5-13-8/h3-6H,12H2,1-2H3. The number of aryl methyl sites for hydroxylation is 1. The van der Waals surface area contributed by atoms with Crippen molar-refractivity contribution in [3.63, 3.8) is 0 Å². The summed E-state index contributed by atoms with van der Waals surface area (Å²) in [5, 5.41) is 3.97. The molecule has 0 amide bonds. The highest BCUT2D eigenvalue weighted by Crippen LogP contribution is 2.19. The maximum Gasteiger partial charge on any atom is 0.233 e. The molecule has 88 valence electrons. The third-order valence-electron chi connectivity index (χ3n) is 2.36. The van der Waals surface area contributed by atoms with Gasteiger partial charge in [0.05, 0.1) is 25.2 Å². The normalized spacial score (nSPS) is 10.2. The van der Waals surface area contributed by atoms with Gasteiger partial charge in [-0.25, -0.2) is 0 Å². The predicted molar refractivity (Wildman–Crippen MR) is 61.8 cm³/mol. The minimum absolute atomic E-state index is 0.248. The van der Waals surface area contributed by atoms with Crippen molar-refractivity contribution in [2.75, 3.05) is 12.8 Å². The molecule has 0 saturated heterocycles. The molecule has 0 aromatic carbocycles. The fourth-order valence-corrected chi connectivity index (χ4v) is 1.49. The number of nitrogens with two attached hydrogens (primary N) is 1. The number of hydrogen-bond acceptors (Lipinski definition) is 5. The van der Waals surface area contributed by atoms with Gasteiger partial charge in [0.15, 0.2) is 11.4 Å². The first-order valence-corrected chi connectivity index (χ1v) is 4.95. The van der Waals surface area contributed by atoms with E-state index in [0.717, 1.165) is 0 Å². The van der Waals surface area contributed by atoms with Gasteiger partial charge in [0.25, 0.3) is 0 Å². The minimum Gasteiger partial charge on any atom is -0.493 e. The molecule has 2 aromatic rings. The van der Waals surface area contributed by atoms with Crippen LogP contribution < -0.4 is 10.5 Å². The van der Waals surface area contributed by atoms with Crippen LogP contribution in [0.2, 0.25) is 0 Å². The van der Waals surface area contributed by atoms with E-state index in [2.05, 4.69) is 10.1 Å². The lowest BCUT2D eigenvalue weighted by Crippen LogP contribution is -2.11. The number of carbonyl (C=O) groups excluding carboxylic acids is 1. The molecule has 6 heteroatoms. The van der Waals surface area contributed by atoms with Crippen LogP contribution in [-0.4, -0.2) is 27.7 Å². The second-order valence-corrected chi connectivity index (χ2v) is 3.49. The summed E-state index contributed by atoms with van der Waals surface area (Å²) >= 11 is 0. The number of carbonyl (C=O) groups is 1. The molecule has 0 aliphatic rings. The van der Waals surface area contributed by atoms with Crippen LogP contribution >= 0.6 is 0 Å². The maximum absolute atomic E-state index is 12.2. The van der Waals surface area contributed by atoms with Crippen molar-refractivity contribution in [2.45, 2.75) is 0 Å². The number of nitrogens with zero attached hydrogens (tertiary/aromatic N) is 3. The molecule has 2 heterocycles.